The van der Waals surface area contributed by atoms with Crippen LogP contribution in [0.2, 0.25) is 0 Å². The molecule has 0 spiro atoms. The van der Waals surface area contributed by atoms with E-state index in [2.05, 4.69) is 29.5 Å². The summed E-state index contributed by atoms with van der Waals surface area (Å²) in [5.74, 6) is 0.638. The molecule has 0 saturated carbocycles. The van der Waals surface area contributed by atoms with Crippen LogP contribution in [0.15, 0.2) is 82.9 Å². The number of fused-ring (bicyclic) bond motifs is 1. The average molecular weight is 457 g/mol. The third-order valence-electron chi connectivity index (χ3n) is 6.38. The van der Waals surface area contributed by atoms with Gasteiger partial charge in [0.25, 0.3) is 0 Å². The predicted molar refractivity (Wildman–Crippen MR) is 130 cm³/mol. The van der Waals surface area contributed by atoms with E-state index in [1.54, 1.807) is 24.7 Å². The Morgan fingerprint density at radius 2 is 1.94 bits per heavy atom. The van der Waals surface area contributed by atoms with Gasteiger partial charge in [0.1, 0.15) is 5.76 Å². The quantitative estimate of drug-likeness (QED) is 0.583. The monoisotopic (exact) mass is 456 g/mol. The summed E-state index contributed by atoms with van der Waals surface area (Å²) in [4.78, 5) is 32.9. The second-order valence-electron chi connectivity index (χ2n) is 9.64. The highest BCUT2D eigenvalue weighted by Crippen LogP contribution is 2.47. The van der Waals surface area contributed by atoms with E-state index in [0.29, 0.717) is 18.7 Å². The largest absolute Gasteiger partial charge is 0.467 e. The van der Waals surface area contributed by atoms with E-state index in [9.17, 15) is 9.59 Å². The number of Topliss-reactive ketones (excluding diaryl/α,β-unsaturated/α-hetero) is 1. The number of allylic oxidation sites excluding steroid dienone is 1. The SMILES string of the molecule is CC1(C)CC(=O)C2=C(C1)Nc1ccccc1N(CC(=O)NCc1ccco1)C2c1ccncc1. The van der Waals surface area contributed by atoms with E-state index >= 15 is 0 Å². The first-order chi connectivity index (χ1) is 16.4. The van der Waals surface area contributed by atoms with Gasteiger partial charge in [-0.2, -0.15) is 0 Å². The minimum atomic E-state index is -0.410. The smallest absolute Gasteiger partial charge is 0.239 e. The Kier molecular flexibility index (Phi) is 5.69. The van der Waals surface area contributed by atoms with Gasteiger partial charge < -0.3 is 20.0 Å². The van der Waals surface area contributed by atoms with Crippen molar-refractivity contribution >= 4 is 23.1 Å². The molecule has 3 aromatic rings. The second kappa shape index (κ2) is 8.82. The standard InChI is InChI=1S/C27H28N4O3/c1-27(2)14-21-25(23(32)15-27)26(18-9-11-28-12-10-18)31(22-8-4-3-7-20(22)30-21)17-24(33)29-16-19-6-5-13-34-19/h3-13,26,30H,14-17H2,1-2H3,(H,29,33). The molecule has 2 aromatic heterocycles. The molecule has 7 heteroatoms. The van der Waals surface area contributed by atoms with Crippen LogP contribution in [0.3, 0.4) is 0 Å². The van der Waals surface area contributed by atoms with Gasteiger partial charge in [-0.25, -0.2) is 0 Å². The van der Waals surface area contributed by atoms with E-state index in [1.165, 1.54) is 0 Å². The highest BCUT2D eigenvalue weighted by atomic mass is 16.3. The number of benzene rings is 1. The maximum Gasteiger partial charge on any atom is 0.239 e. The molecule has 2 N–H and O–H groups in total. The van der Waals surface area contributed by atoms with Gasteiger partial charge >= 0.3 is 0 Å². The van der Waals surface area contributed by atoms with E-state index in [4.69, 9.17) is 4.42 Å². The van der Waals surface area contributed by atoms with Crippen LogP contribution in [-0.4, -0.2) is 23.2 Å². The van der Waals surface area contributed by atoms with E-state index < -0.39 is 6.04 Å². The zero-order chi connectivity index (χ0) is 23.7. The molecule has 5 rings (SSSR count). The fourth-order valence-electron chi connectivity index (χ4n) is 4.93. The van der Waals surface area contributed by atoms with Gasteiger partial charge in [0.2, 0.25) is 5.91 Å². The summed E-state index contributed by atoms with van der Waals surface area (Å²) in [7, 11) is 0. The molecule has 0 bridgehead atoms. The number of rotatable bonds is 5. The van der Waals surface area contributed by atoms with Crippen molar-refractivity contribution in [1.82, 2.24) is 10.3 Å². The molecule has 1 amide bonds. The number of carbonyl (C=O) groups excluding carboxylic acids is 2. The van der Waals surface area contributed by atoms with Crippen LogP contribution in [0, 0.1) is 5.41 Å². The van der Waals surface area contributed by atoms with Crippen LogP contribution in [-0.2, 0) is 16.1 Å². The molecule has 1 aliphatic heterocycles. The normalized spacial score (nSPS) is 19.1. The molecule has 1 atom stereocenters. The highest BCUT2D eigenvalue weighted by Gasteiger charge is 2.41. The van der Waals surface area contributed by atoms with Crippen molar-refractivity contribution < 1.29 is 14.0 Å². The molecule has 0 radical (unpaired) electrons. The number of anilines is 2. The lowest BCUT2D eigenvalue weighted by molar-refractivity contribution is -0.121. The van der Waals surface area contributed by atoms with Crippen LogP contribution in [0.5, 0.6) is 0 Å². The van der Waals surface area contributed by atoms with Crippen molar-refractivity contribution in [2.45, 2.75) is 39.3 Å². The zero-order valence-electron chi connectivity index (χ0n) is 19.4. The van der Waals surface area contributed by atoms with Crippen LogP contribution in [0.25, 0.3) is 0 Å². The Morgan fingerprint density at radius 3 is 2.71 bits per heavy atom. The molecule has 7 nitrogen and oxygen atoms in total. The summed E-state index contributed by atoms with van der Waals surface area (Å²) in [6.45, 7) is 4.63. The molecular weight excluding hydrogens is 428 g/mol. The Balaban J connectivity index is 1.59. The maximum atomic E-state index is 13.6. The van der Waals surface area contributed by atoms with Crippen molar-refractivity contribution in [3.8, 4) is 0 Å². The van der Waals surface area contributed by atoms with E-state index in [-0.39, 0.29) is 23.7 Å². The number of hydrogen-bond donors (Lipinski definition) is 2. The van der Waals surface area contributed by atoms with Crippen LogP contribution < -0.4 is 15.5 Å². The predicted octanol–water partition coefficient (Wildman–Crippen LogP) is 4.61. The average Bonchev–Trinajstić information content (AvgIpc) is 3.29. The Bertz CT molecular complexity index is 1230. The lowest BCUT2D eigenvalue weighted by atomic mass is 9.73. The zero-order valence-corrected chi connectivity index (χ0v) is 19.4. The number of hydrogen-bond acceptors (Lipinski definition) is 6. The van der Waals surface area contributed by atoms with Gasteiger partial charge in [-0.3, -0.25) is 14.6 Å². The number of amides is 1. The molecular formula is C27H28N4O3. The molecule has 0 fully saturated rings. The molecule has 1 aromatic carbocycles. The molecule has 1 aliphatic carbocycles. The van der Waals surface area contributed by atoms with Gasteiger partial charge in [0.05, 0.1) is 36.8 Å². The summed E-state index contributed by atoms with van der Waals surface area (Å²) in [6, 6.07) is 14.9. The molecule has 2 aliphatic rings. The Labute approximate surface area is 198 Å². The number of carbonyl (C=O) groups is 2. The summed E-state index contributed by atoms with van der Waals surface area (Å²) in [6.07, 6.45) is 6.26. The topological polar surface area (TPSA) is 87.5 Å². The van der Waals surface area contributed by atoms with Crippen LogP contribution in [0.4, 0.5) is 11.4 Å². The van der Waals surface area contributed by atoms with Crippen LogP contribution in [0.1, 0.15) is 44.1 Å². The third kappa shape index (κ3) is 4.33. The Hall–Kier alpha value is -3.87. The number of nitrogens with one attached hydrogen (secondary N) is 2. The number of ketones is 1. The first kappa shape index (κ1) is 21.9. The summed E-state index contributed by atoms with van der Waals surface area (Å²) in [5.41, 5.74) is 4.19. The van der Waals surface area contributed by atoms with Crippen molar-refractivity contribution in [2.75, 3.05) is 16.8 Å². The summed E-state index contributed by atoms with van der Waals surface area (Å²) < 4.78 is 5.35. The lowest BCUT2D eigenvalue weighted by Crippen LogP contribution is -2.41. The van der Waals surface area contributed by atoms with Gasteiger partial charge in [-0.05, 0) is 53.8 Å². The van der Waals surface area contributed by atoms with Crippen molar-refractivity contribution in [1.29, 1.82) is 0 Å². The van der Waals surface area contributed by atoms with Crippen molar-refractivity contribution in [3.05, 3.63) is 89.8 Å². The first-order valence-electron chi connectivity index (χ1n) is 11.5. The van der Waals surface area contributed by atoms with Gasteiger partial charge in [0, 0.05) is 30.1 Å². The van der Waals surface area contributed by atoms with E-state index in [0.717, 1.165) is 34.6 Å². The van der Waals surface area contributed by atoms with Crippen molar-refractivity contribution in [3.63, 3.8) is 0 Å². The minimum absolute atomic E-state index is 0.0832. The maximum absolute atomic E-state index is 13.6. The number of furan rings is 1. The van der Waals surface area contributed by atoms with Crippen molar-refractivity contribution in [2.24, 2.45) is 5.41 Å². The molecule has 34 heavy (non-hydrogen) atoms. The van der Waals surface area contributed by atoms with Gasteiger partial charge in [-0.15, -0.1) is 0 Å². The highest BCUT2D eigenvalue weighted by molar-refractivity contribution is 6.01. The first-order valence-corrected chi connectivity index (χ1v) is 11.5. The number of nitrogens with zero attached hydrogens (tertiary/aromatic N) is 2. The third-order valence-corrected chi connectivity index (χ3v) is 6.38. The molecule has 174 valence electrons. The van der Waals surface area contributed by atoms with E-state index in [1.807, 2.05) is 47.4 Å². The van der Waals surface area contributed by atoms with Gasteiger partial charge in [0.15, 0.2) is 5.78 Å². The van der Waals surface area contributed by atoms with Crippen LogP contribution >= 0.6 is 0 Å². The molecule has 1 unspecified atom stereocenters. The molecule has 0 saturated heterocycles. The van der Waals surface area contributed by atoms with Gasteiger partial charge in [-0.1, -0.05) is 26.0 Å². The fourth-order valence-corrected chi connectivity index (χ4v) is 4.93. The Morgan fingerprint density at radius 1 is 1.15 bits per heavy atom. The number of pyridine rings is 1. The summed E-state index contributed by atoms with van der Waals surface area (Å²) in [5, 5.41) is 6.50. The second-order valence-corrected chi connectivity index (χ2v) is 9.64. The minimum Gasteiger partial charge on any atom is -0.467 e. The fraction of sp³-hybridized carbons (Fsp3) is 0.296. The number of aromatic nitrogens is 1. The molecule has 3 heterocycles. The summed E-state index contributed by atoms with van der Waals surface area (Å²) >= 11 is 0. The number of para-hydroxylation sites is 2. The lowest BCUT2D eigenvalue weighted by Gasteiger charge is -2.37.